The van der Waals surface area contributed by atoms with Gasteiger partial charge >= 0.3 is 0 Å². The highest BCUT2D eigenvalue weighted by Crippen LogP contribution is 2.34. The first-order valence-electron chi connectivity index (χ1n) is 9.18. The number of amides is 1. The van der Waals surface area contributed by atoms with Gasteiger partial charge in [0.2, 0.25) is 5.91 Å². The number of pyridine rings is 1. The van der Waals surface area contributed by atoms with E-state index in [0.29, 0.717) is 6.42 Å². The molecule has 2 aromatic rings. The summed E-state index contributed by atoms with van der Waals surface area (Å²) in [5, 5.41) is 4.29. The maximum Gasteiger partial charge on any atom is 0.240 e. The van der Waals surface area contributed by atoms with Crippen molar-refractivity contribution in [2.45, 2.75) is 12.8 Å². The molecule has 0 spiro atoms. The molecule has 26 heavy (non-hydrogen) atoms. The molecule has 1 aromatic heterocycles. The van der Waals surface area contributed by atoms with Crippen LogP contribution < -0.4 is 15.2 Å². The number of hydrazone groups is 1. The molecule has 1 unspecified atom stereocenters. The third-order valence-electron chi connectivity index (χ3n) is 5.57. The molecule has 6 heteroatoms. The molecule has 5 rings (SSSR count). The van der Waals surface area contributed by atoms with Crippen molar-refractivity contribution in [1.82, 2.24) is 10.4 Å². The summed E-state index contributed by atoms with van der Waals surface area (Å²) < 4.78 is 0. The fourth-order valence-corrected chi connectivity index (χ4v) is 4.22. The maximum absolute atomic E-state index is 11.6. The van der Waals surface area contributed by atoms with Gasteiger partial charge in [-0.2, -0.15) is 5.10 Å². The van der Waals surface area contributed by atoms with E-state index in [9.17, 15) is 4.79 Å². The number of aromatic nitrogens is 1. The second kappa shape index (κ2) is 6.12. The van der Waals surface area contributed by atoms with Crippen LogP contribution in [0.25, 0.3) is 0 Å². The van der Waals surface area contributed by atoms with E-state index >= 15 is 0 Å². The molecule has 2 aliphatic heterocycles. The SMILES string of the molecule is O=C1CC2Cc3cc(N4CCN(c5ccccn5)CC4)ccc3C2=NN1. The second-order valence-corrected chi connectivity index (χ2v) is 7.14. The lowest BCUT2D eigenvalue weighted by Gasteiger charge is -2.36. The molecule has 0 bridgehead atoms. The van der Waals surface area contributed by atoms with Crippen LogP contribution >= 0.6 is 0 Å². The molecule has 1 atom stereocenters. The van der Waals surface area contributed by atoms with Crippen LogP contribution in [0.2, 0.25) is 0 Å². The van der Waals surface area contributed by atoms with Crippen LogP contribution in [-0.4, -0.2) is 42.8 Å². The molecule has 6 nitrogen and oxygen atoms in total. The minimum Gasteiger partial charge on any atom is -0.368 e. The van der Waals surface area contributed by atoms with Crippen molar-refractivity contribution < 1.29 is 4.79 Å². The van der Waals surface area contributed by atoms with Crippen LogP contribution in [0.15, 0.2) is 47.7 Å². The minimum absolute atomic E-state index is 0.0254. The van der Waals surface area contributed by atoms with E-state index in [1.54, 1.807) is 0 Å². The van der Waals surface area contributed by atoms with Gasteiger partial charge in [-0.3, -0.25) is 4.79 Å². The number of carbonyl (C=O) groups is 1. The van der Waals surface area contributed by atoms with Gasteiger partial charge in [-0.1, -0.05) is 12.1 Å². The van der Waals surface area contributed by atoms with Crippen LogP contribution in [-0.2, 0) is 11.2 Å². The van der Waals surface area contributed by atoms with Crippen LogP contribution in [0, 0.1) is 5.92 Å². The Labute approximate surface area is 152 Å². The third kappa shape index (κ3) is 2.62. The summed E-state index contributed by atoms with van der Waals surface area (Å²) in [5.74, 6) is 1.33. The number of anilines is 2. The van der Waals surface area contributed by atoms with E-state index in [1.807, 2.05) is 18.3 Å². The quantitative estimate of drug-likeness (QED) is 0.900. The molecule has 132 valence electrons. The van der Waals surface area contributed by atoms with Gasteiger partial charge in [-0.15, -0.1) is 0 Å². The topological polar surface area (TPSA) is 60.8 Å². The number of piperazine rings is 1. The third-order valence-corrected chi connectivity index (χ3v) is 5.57. The number of nitrogens with one attached hydrogen (secondary N) is 1. The lowest BCUT2D eigenvalue weighted by Crippen LogP contribution is -2.46. The number of hydrogen-bond donors (Lipinski definition) is 1. The monoisotopic (exact) mass is 347 g/mol. The largest absolute Gasteiger partial charge is 0.368 e. The number of hydrogen-bond acceptors (Lipinski definition) is 5. The van der Waals surface area contributed by atoms with Gasteiger partial charge in [0.05, 0.1) is 5.71 Å². The molecular weight excluding hydrogens is 326 g/mol. The Morgan fingerprint density at radius 3 is 2.65 bits per heavy atom. The smallest absolute Gasteiger partial charge is 0.240 e. The molecule has 1 aromatic carbocycles. The Balaban J connectivity index is 1.31. The van der Waals surface area contributed by atoms with Crippen molar-refractivity contribution in [1.29, 1.82) is 0 Å². The zero-order valence-electron chi connectivity index (χ0n) is 14.6. The molecule has 1 fully saturated rings. The average Bonchev–Trinajstić information content (AvgIpc) is 3.05. The Kier molecular flexibility index (Phi) is 3.62. The minimum atomic E-state index is 0.0254. The van der Waals surface area contributed by atoms with Crippen molar-refractivity contribution in [3.8, 4) is 0 Å². The summed E-state index contributed by atoms with van der Waals surface area (Å²) in [6, 6.07) is 12.7. The van der Waals surface area contributed by atoms with E-state index in [-0.39, 0.29) is 11.8 Å². The molecule has 1 N–H and O–H groups in total. The Morgan fingerprint density at radius 1 is 1.00 bits per heavy atom. The highest BCUT2D eigenvalue weighted by Gasteiger charge is 2.33. The van der Waals surface area contributed by atoms with Crippen molar-refractivity contribution in [3.05, 3.63) is 53.7 Å². The van der Waals surface area contributed by atoms with Gasteiger partial charge in [0.25, 0.3) is 0 Å². The van der Waals surface area contributed by atoms with Gasteiger partial charge < -0.3 is 9.80 Å². The van der Waals surface area contributed by atoms with Crippen molar-refractivity contribution in [2.24, 2.45) is 11.0 Å². The summed E-state index contributed by atoms with van der Waals surface area (Å²) in [5.41, 5.74) is 7.45. The molecule has 1 aliphatic carbocycles. The van der Waals surface area contributed by atoms with Crippen LogP contribution in [0.4, 0.5) is 11.5 Å². The Hall–Kier alpha value is -2.89. The number of carbonyl (C=O) groups excluding carboxylic acids is 1. The van der Waals surface area contributed by atoms with Gasteiger partial charge in [-0.05, 0) is 36.2 Å². The molecule has 0 radical (unpaired) electrons. The van der Waals surface area contributed by atoms with E-state index in [2.05, 4.69) is 49.6 Å². The summed E-state index contributed by atoms with van der Waals surface area (Å²) in [4.78, 5) is 20.8. The average molecular weight is 347 g/mol. The number of benzene rings is 1. The predicted octanol–water partition coefficient (Wildman–Crippen LogP) is 1.80. The van der Waals surface area contributed by atoms with E-state index in [0.717, 1.165) is 44.1 Å². The second-order valence-electron chi connectivity index (χ2n) is 7.14. The normalized spacial score (nSPS) is 21.8. The summed E-state index contributed by atoms with van der Waals surface area (Å²) in [7, 11) is 0. The first-order valence-corrected chi connectivity index (χ1v) is 9.18. The van der Waals surface area contributed by atoms with Crippen molar-refractivity contribution in [3.63, 3.8) is 0 Å². The molecule has 1 saturated heterocycles. The maximum atomic E-state index is 11.6. The van der Waals surface area contributed by atoms with Gasteiger partial charge in [-0.25, -0.2) is 10.4 Å². The molecule has 0 saturated carbocycles. The fraction of sp³-hybridized carbons (Fsp3) is 0.350. The fourth-order valence-electron chi connectivity index (χ4n) is 4.22. The molecule has 1 amide bonds. The Bertz CT molecular complexity index is 871. The van der Waals surface area contributed by atoms with E-state index in [4.69, 9.17) is 0 Å². The van der Waals surface area contributed by atoms with Crippen LogP contribution in [0.5, 0.6) is 0 Å². The van der Waals surface area contributed by atoms with Gasteiger partial charge in [0.1, 0.15) is 5.82 Å². The zero-order valence-corrected chi connectivity index (χ0v) is 14.6. The van der Waals surface area contributed by atoms with Gasteiger partial charge in [0.15, 0.2) is 0 Å². The number of nitrogens with zero attached hydrogens (tertiary/aromatic N) is 4. The molecule has 3 heterocycles. The van der Waals surface area contributed by atoms with E-state index in [1.165, 1.54) is 16.8 Å². The van der Waals surface area contributed by atoms with Crippen molar-refractivity contribution >= 4 is 23.1 Å². The van der Waals surface area contributed by atoms with Crippen LogP contribution in [0.1, 0.15) is 17.5 Å². The standard InChI is InChI=1S/C20H21N5O/c26-19-13-15-11-14-12-16(4-5-17(14)20(15)23-22-19)24-7-9-25(10-8-24)18-3-1-2-6-21-18/h1-6,12,15H,7-11,13H2,(H,22,26). The van der Waals surface area contributed by atoms with Gasteiger partial charge in [0, 0.05) is 56.0 Å². The zero-order chi connectivity index (χ0) is 17.5. The first-order chi connectivity index (χ1) is 12.8. The Morgan fingerprint density at radius 2 is 1.85 bits per heavy atom. The van der Waals surface area contributed by atoms with Crippen LogP contribution in [0.3, 0.4) is 0 Å². The van der Waals surface area contributed by atoms with E-state index < -0.39 is 0 Å². The molecular formula is C20H21N5O. The number of fused-ring (bicyclic) bond motifs is 3. The lowest BCUT2D eigenvalue weighted by atomic mass is 9.99. The summed E-state index contributed by atoms with van der Waals surface area (Å²) in [6.07, 6.45) is 3.32. The highest BCUT2D eigenvalue weighted by molar-refractivity contribution is 6.09. The van der Waals surface area contributed by atoms with Crippen molar-refractivity contribution in [2.75, 3.05) is 36.0 Å². The predicted molar refractivity (Wildman–Crippen MR) is 102 cm³/mol. The summed E-state index contributed by atoms with van der Waals surface area (Å²) in [6.45, 7) is 3.92. The lowest BCUT2D eigenvalue weighted by molar-refractivity contribution is -0.121. The molecule has 3 aliphatic rings. The number of rotatable bonds is 2. The highest BCUT2D eigenvalue weighted by atomic mass is 16.2. The summed E-state index contributed by atoms with van der Waals surface area (Å²) >= 11 is 0. The first kappa shape index (κ1) is 15.4.